The van der Waals surface area contributed by atoms with Crippen LogP contribution in [0.2, 0.25) is 0 Å². The Morgan fingerprint density at radius 3 is 2.50 bits per heavy atom. The molecule has 7 nitrogen and oxygen atoms in total. The van der Waals surface area contributed by atoms with E-state index in [9.17, 15) is 14.4 Å². The first-order chi connectivity index (χ1) is 8.40. The fourth-order valence-corrected chi connectivity index (χ4v) is 2.13. The summed E-state index contributed by atoms with van der Waals surface area (Å²) in [6.07, 6.45) is 0.129. The maximum Gasteiger partial charge on any atom is 0.338 e. The van der Waals surface area contributed by atoms with Gasteiger partial charge in [0.2, 0.25) is 11.4 Å². The molecule has 7 heteroatoms. The van der Waals surface area contributed by atoms with Crippen molar-refractivity contribution < 1.29 is 28.7 Å². The summed E-state index contributed by atoms with van der Waals surface area (Å²) in [5.74, 6) is -1.93. The highest BCUT2D eigenvalue weighted by Gasteiger charge is 2.59. The van der Waals surface area contributed by atoms with Crippen molar-refractivity contribution in [3.8, 4) is 0 Å². The normalized spacial score (nSPS) is 27.2. The van der Waals surface area contributed by atoms with E-state index in [4.69, 9.17) is 14.3 Å². The number of hydrogen-bond donors (Lipinski definition) is 0. The summed E-state index contributed by atoms with van der Waals surface area (Å²) in [4.78, 5) is 39.6. The van der Waals surface area contributed by atoms with Crippen LogP contribution >= 0.6 is 0 Å². The molecule has 0 aromatic heterocycles. The average molecular weight is 259 g/mol. The Morgan fingerprint density at radius 2 is 2.06 bits per heavy atom. The van der Waals surface area contributed by atoms with Crippen molar-refractivity contribution in [1.29, 1.82) is 0 Å². The topological polar surface area (TPSA) is 82.1 Å². The molecule has 18 heavy (non-hydrogen) atoms. The molecule has 0 unspecified atom stereocenters. The van der Waals surface area contributed by atoms with Crippen molar-refractivity contribution >= 4 is 17.8 Å². The number of hydrogen-bond acceptors (Lipinski definition) is 6. The zero-order chi connectivity index (χ0) is 13.9. The first kappa shape index (κ1) is 14.4. The van der Waals surface area contributed by atoms with E-state index < -0.39 is 17.5 Å². The number of carbonyl (C=O) groups is 3. The molecular weight excluding hydrogens is 242 g/mol. The number of esters is 2. The van der Waals surface area contributed by atoms with Gasteiger partial charge >= 0.3 is 11.9 Å². The zero-order valence-electron chi connectivity index (χ0n) is 10.9. The second-order valence-electron chi connectivity index (χ2n) is 4.17. The molecule has 0 spiro atoms. The Morgan fingerprint density at radius 1 is 1.44 bits per heavy atom. The molecule has 1 aliphatic heterocycles. The molecule has 1 amide bonds. The highest BCUT2D eigenvalue weighted by Crippen LogP contribution is 2.37. The maximum atomic E-state index is 12.0. The van der Waals surface area contributed by atoms with E-state index in [0.717, 1.165) is 5.06 Å². The van der Waals surface area contributed by atoms with Crippen LogP contribution in [0.15, 0.2) is 0 Å². The third-order valence-electron chi connectivity index (χ3n) is 3.10. The second-order valence-corrected chi connectivity index (χ2v) is 4.17. The number of ether oxygens (including phenoxy) is 2. The molecule has 0 N–H and O–H groups in total. The third-order valence-corrected chi connectivity index (χ3v) is 3.10. The first-order valence-electron chi connectivity index (χ1n) is 5.49. The SMILES string of the molecule is COC(=O)[C@@]1(COC(C)=O)[C@H](C)CC(=O)N1OC. The lowest BCUT2D eigenvalue weighted by atomic mass is 9.87. The van der Waals surface area contributed by atoms with Crippen LogP contribution < -0.4 is 0 Å². The smallest absolute Gasteiger partial charge is 0.338 e. The number of hydroxylamine groups is 2. The van der Waals surface area contributed by atoms with Crippen molar-refractivity contribution in [2.24, 2.45) is 5.92 Å². The maximum absolute atomic E-state index is 12.0. The third kappa shape index (κ3) is 2.17. The molecule has 0 radical (unpaired) electrons. The average Bonchev–Trinajstić information content (AvgIpc) is 2.56. The number of carbonyl (C=O) groups excluding carboxylic acids is 3. The van der Waals surface area contributed by atoms with Crippen LogP contribution in [-0.4, -0.2) is 49.3 Å². The Labute approximate surface area is 105 Å². The predicted octanol–water partition coefficient (Wildman–Crippen LogP) is -0.109. The summed E-state index contributed by atoms with van der Waals surface area (Å²) in [5, 5.41) is 0.937. The van der Waals surface area contributed by atoms with Crippen molar-refractivity contribution in [3.05, 3.63) is 0 Å². The lowest BCUT2D eigenvalue weighted by Crippen LogP contribution is -2.58. The van der Waals surface area contributed by atoms with Gasteiger partial charge in [-0.05, 0) is 0 Å². The van der Waals surface area contributed by atoms with Crippen LogP contribution in [0.1, 0.15) is 20.3 Å². The second kappa shape index (κ2) is 5.34. The highest BCUT2D eigenvalue weighted by molar-refractivity contribution is 5.92. The summed E-state index contributed by atoms with van der Waals surface area (Å²) in [5.41, 5.74) is -1.41. The fraction of sp³-hybridized carbons (Fsp3) is 0.727. The van der Waals surface area contributed by atoms with Gasteiger partial charge in [-0.25, -0.2) is 9.86 Å². The Balaban J connectivity index is 3.12. The molecule has 0 aromatic rings. The standard InChI is InChI=1S/C11H17NO6/c1-7-5-9(14)12(17-4)11(7,10(15)16-3)6-18-8(2)13/h7H,5-6H2,1-4H3/t7-,11-/m1/s1. The summed E-state index contributed by atoms with van der Waals surface area (Å²) in [6, 6.07) is 0. The van der Waals surface area contributed by atoms with Crippen LogP contribution in [0.4, 0.5) is 0 Å². The predicted molar refractivity (Wildman–Crippen MR) is 59.0 cm³/mol. The van der Waals surface area contributed by atoms with Gasteiger partial charge in [0, 0.05) is 19.3 Å². The number of rotatable bonds is 4. The molecular formula is C11H17NO6. The lowest BCUT2D eigenvalue weighted by Gasteiger charge is -2.35. The van der Waals surface area contributed by atoms with Crippen molar-refractivity contribution in [3.63, 3.8) is 0 Å². The van der Waals surface area contributed by atoms with E-state index in [0.29, 0.717) is 0 Å². The molecule has 1 aliphatic rings. The van der Waals surface area contributed by atoms with Gasteiger partial charge in [0.15, 0.2) is 0 Å². The Hall–Kier alpha value is -1.63. The van der Waals surface area contributed by atoms with Gasteiger partial charge < -0.3 is 9.47 Å². The largest absolute Gasteiger partial charge is 0.467 e. The molecule has 0 saturated carbocycles. The van der Waals surface area contributed by atoms with Crippen LogP contribution in [0.25, 0.3) is 0 Å². The minimum atomic E-state index is -1.41. The van der Waals surface area contributed by atoms with Gasteiger partial charge in [0.1, 0.15) is 6.61 Å². The molecule has 1 saturated heterocycles. The van der Waals surface area contributed by atoms with Crippen molar-refractivity contribution in [2.75, 3.05) is 20.8 Å². The Bertz CT molecular complexity index is 369. The molecule has 1 fully saturated rings. The van der Waals surface area contributed by atoms with Gasteiger partial charge in [0.25, 0.3) is 0 Å². The van der Waals surface area contributed by atoms with Crippen LogP contribution in [0.5, 0.6) is 0 Å². The summed E-state index contributed by atoms with van der Waals surface area (Å²) in [6.45, 7) is 2.65. The molecule has 0 bridgehead atoms. The number of nitrogens with zero attached hydrogens (tertiary/aromatic N) is 1. The van der Waals surface area contributed by atoms with E-state index >= 15 is 0 Å². The minimum absolute atomic E-state index is 0.129. The van der Waals surface area contributed by atoms with Gasteiger partial charge in [-0.1, -0.05) is 6.92 Å². The van der Waals surface area contributed by atoms with E-state index in [-0.39, 0.29) is 24.9 Å². The molecule has 0 aliphatic carbocycles. The molecule has 2 atom stereocenters. The minimum Gasteiger partial charge on any atom is -0.467 e. The Kier molecular flexibility index (Phi) is 4.28. The van der Waals surface area contributed by atoms with Crippen LogP contribution in [-0.2, 0) is 28.7 Å². The number of methoxy groups -OCH3 is 1. The summed E-state index contributed by atoms with van der Waals surface area (Å²) in [7, 11) is 2.49. The fourth-order valence-electron chi connectivity index (χ4n) is 2.13. The molecule has 1 heterocycles. The molecule has 102 valence electrons. The monoisotopic (exact) mass is 259 g/mol. The van der Waals surface area contributed by atoms with E-state index in [1.54, 1.807) is 6.92 Å². The van der Waals surface area contributed by atoms with E-state index in [1.165, 1.54) is 21.1 Å². The van der Waals surface area contributed by atoms with Crippen molar-refractivity contribution in [1.82, 2.24) is 5.06 Å². The van der Waals surface area contributed by atoms with Gasteiger partial charge in [-0.2, -0.15) is 0 Å². The number of amides is 1. The highest BCUT2D eigenvalue weighted by atomic mass is 16.7. The van der Waals surface area contributed by atoms with Gasteiger partial charge in [0.05, 0.1) is 14.2 Å². The summed E-state index contributed by atoms with van der Waals surface area (Å²) < 4.78 is 9.61. The summed E-state index contributed by atoms with van der Waals surface area (Å²) >= 11 is 0. The van der Waals surface area contributed by atoms with Crippen molar-refractivity contribution in [2.45, 2.75) is 25.8 Å². The first-order valence-corrected chi connectivity index (χ1v) is 5.49. The van der Waals surface area contributed by atoms with Crippen LogP contribution in [0.3, 0.4) is 0 Å². The van der Waals surface area contributed by atoms with Crippen LogP contribution in [0, 0.1) is 5.92 Å². The van der Waals surface area contributed by atoms with Gasteiger partial charge in [-0.15, -0.1) is 0 Å². The van der Waals surface area contributed by atoms with Gasteiger partial charge in [-0.3, -0.25) is 14.4 Å². The molecule has 0 aromatic carbocycles. The van der Waals surface area contributed by atoms with E-state index in [2.05, 4.69) is 0 Å². The van der Waals surface area contributed by atoms with E-state index in [1.807, 2.05) is 0 Å². The lowest BCUT2D eigenvalue weighted by molar-refractivity contribution is -0.219. The quantitative estimate of drug-likeness (QED) is 0.655. The molecule has 1 rings (SSSR count). The zero-order valence-corrected chi connectivity index (χ0v) is 10.9.